The number of halogens is 1. The van der Waals surface area contributed by atoms with Gasteiger partial charge in [0.25, 0.3) is 0 Å². The molecule has 0 fully saturated rings. The minimum atomic E-state index is 0.754. The third-order valence-electron chi connectivity index (χ3n) is 3.50. The van der Waals surface area contributed by atoms with Gasteiger partial charge in [-0.3, -0.25) is 4.98 Å². The number of aromatic nitrogens is 1. The Bertz CT molecular complexity index is 655. The molecule has 0 aliphatic rings. The Morgan fingerprint density at radius 2 is 1.45 bits per heavy atom. The quantitative estimate of drug-likeness (QED) is 0.663. The van der Waals surface area contributed by atoms with Crippen molar-refractivity contribution in [2.45, 2.75) is 13.1 Å². The molecule has 0 unspecified atom stereocenters. The first-order valence-corrected chi connectivity index (χ1v) is 7.62. The fraction of sp³-hybridized carbons (Fsp3) is 0.105. The Labute approximate surface area is 136 Å². The summed E-state index contributed by atoms with van der Waals surface area (Å²) in [5.41, 5.74) is 3.62. The second-order valence-corrected chi connectivity index (χ2v) is 5.62. The van der Waals surface area contributed by atoms with Gasteiger partial charge in [-0.05, 0) is 41.5 Å². The van der Waals surface area contributed by atoms with Gasteiger partial charge in [-0.1, -0.05) is 48.0 Å². The average molecular weight is 309 g/mol. The van der Waals surface area contributed by atoms with E-state index in [9.17, 15) is 0 Å². The number of anilines is 1. The Morgan fingerprint density at radius 1 is 0.773 bits per heavy atom. The molecule has 2 nitrogen and oxygen atoms in total. The largest absolute Gasteiger partial charge is 0.363 e. The van der Waals surface area contributed by atoms with Gasteiger partial charge in [0.05, 0.1) is 0 Å². The topological polar surface area (TPSA) is 16.1 Å². The monoisotopic (exact) mass is 308 g/mol. The molecule has 3 aromatic rings. The summed E-state index contributed by atoms with van der Waals surface area (Å²) in [4.78, 5) is 6.53. The van der Waals surface area contributed by atoms with E-state index in [1.165, 1.54) is 11.1 Å². The van der Waals surface area contributed by atoms with Crippen molar-refractivity contribution in [3.63, 3.8) is 0 Å². The van der Waals surface area contributed by atoms with E-state index >= 15 is 0 Å². The normalized spacial score (nSPS) is 10.4. The molecule has 0 N–H and O–H groups in total. The smallest absolute Gasteiger partial charge is 0.0448 e. The van der Waals surface area contributed by atoms with Crippen LogP contribution in [0.25, 0.3) is 0 Å². The summed E-state index contributed by atoms with van der Waals surface area (Å²) in [6.07, 6.45) is 3.71. The first-order chi connectivity index (χ1) is 10.8. The van der Waals surface area contributed by atoms with Crippen molar-refractivity contribution in [2.75, 3.05) is 4.90 Å². The maximum Gasteiger partial charge on any atom is 0.0448 e. The minimum absolute atomic E-state index is 0.754. The van der Waals surface area contributed by atoms with Gasteiger partial charge >= 0.3 is 0 Å². The van der Waals surface area contributed by atoms with Crippen molar-refractivity contribution in [3.8, 4) is 0 Å². The van der Waals surface area contributed by atoms with E-state index < -0.39 is 0 Å². The van der Waals surface area contributed by atoms with Crippen molar-refractivity contribution in [3.05, 3.63) is 95.3 Å². The van der Waals surface area contributed by atoms with Crippen LogP contribution in [0.3, 0.4) is 0 Å². The lowest BCUT2D eigenvalue weighted by atomic mass is 10.1. The second-order valence-electron chi connectivity index (χ2n) is 5.18. The molecule has 110 valence electrons. The first-order valence-electron chi connectivity index (χ1n) is 7.24. The predicted octanol–water partition coefficient (Wildman–Crippen LogP) is 4.94. The summed E-state index contributed by atoms with van der Waals surface area (Å²) >= 11 is 6.01. The lowest BCUT2D eigenvalue weighted by Gasteiger charge is -2.25. The van der Waals surface area contributed by atoms with E-state index in [1.54, 1.807) is 6.20 Å². The minimum Gasteiger partial charge on any atom is -0.363 e. The molecule has 3 rings (SSSR count). The van der Waals surface area contributed by atoms with Crippen LogP contribution in [0.5, 0.6) is 0 Å². The van der Waals surface area contributed by atoms with Gasteiger partial charge in [0.1, 0.15) is 0 Å². The fourth-order valence-corrected chi connectivity index (χ4v) is 2.53. The zero-order chi connectivity index (χ0) is 15.2. The predicted molar refractivity (Wildman–Crippen MR) is 92.0 cm³/mol. The molecule has 22 heavy (non-hydrogen) atoms. The highest BCUT2D eigenvalue weighted by atomic mass is 35.5. The van der Waals surface area contributed by atoms with E-state index in [0.29, 0.717) is 0 Å². The van der Waals surface area contributed by atoms with Gasteiger partial charge in [-0.25, -0.2) is 0 Å². The molecule has 0 saturated heterocycles. The molecule has 2 aromatic carbocycles. The van der Waals surface area contributed by atoms with Crippen molar-refractivity contribution in [1.29, 1.82) is 0 Å². The molecule has 0 spiro atoms. The summed E-state index contributed by atoms with van der Waals surface area (Å²) in [7, 11) is 0. The lowest BCUT2D eigenvalue weighted by Crippen LogP contribution is -2.22. The zero-order valence-corrected chi connectivity index (χ0v) is 12.9. The third kappa shape index (κ3) is 3.86. The summed E-state index contributed by atoms with van der Waals surface area (Å²) in [5, 5.41) is 0.754. The molecule has 0 aliphatic heterocycles. The molecular weight excluding hydrogens is 292 g/mol. The van der Waals surface area contributed by atoms with Crippen LogP contribution in [-0.4, -0.2) is 4.98 Å². The number of hydrogen-bond donors (Lipinski definition) is 0. The first kappa shape index (κ1) is 14.6. The molecular formula is C19H17ClN2. The van der Waals surface area contributed by atoms with Crippen LogP contribution in [0.15, 0.2) is 79.1 Å². The maximum atomic E-state index is 6.01. The van der Waals surface area contributed by atoms with E-state index in [4.69, 9.17) is 11.6 Å². The third-order valence-corrected chi connectivity index (χ3v) is 3.76. The Morgan fingerprint density at radius 3 is 2.14 bits per heavy atom. The second kappa shape index (κ2) is 7.10. The van der Waals surface area contributed by atoms with E-state index in [2.05, 4.69) is 52.3 Å². The number of rotatable bonds is 5. The Balaban J connectivity index is 1.86. The van der Waals surface area contributed by atoms with Crippen LogP contribution < -0.4 is 4.90 Å². The van der Waals surface area contributed by atoms with Gasteiger partial charge in [0.2, 0.25) is 0 Å². The SMILES string of the molecule is Clc1ccc(N(Cc2ccccc2)Cc2cccnc2)cc1. The molecule has 0 radical (unpaired) electrons. The van der Waals surface area contributed by atoms with Crippen molar-refractivity contribution in [2.24, 2.45) is 0 Å². The maximum absolute atomic E-state index is 6.01. The molecule has 0 saturated carbocycles. The van der Waals surface area contributed by atoms with Crippen LogP contribution in [-0.2, 0) is 13.1 Å². The highest BCUT2D eigenvalue weighted by Gasteiger charge is 2.08. The average Bonchev–Trinajstić information content (AvgIpc) is 2.57. The van der Waals surface area contributed by atoms with Gasteiger partial charge in [-0.15, -0.1) is 0 Å². The van der Waals surface area contributed by atoms with Crippen LogP contribution in [0.4, 0.5) is 5.69 Å². The highest BCUT2D eigenvalue weighted by molar-refractivity contribution is 6.30. The van der Waals surface area contributed by atoms with Gasteiger partial charge < -0.3 is 4.90 Å². The lowest BCUT2D eigenvalue weighted by molar-refractivity contribution is 0.797. The summed E-state index contributed by atoms with van der Waals surface area (Å²) < 4.78 is 0. The molecule has 0 atom stereocenters. The number of hydrogen-bond acceptors (Lipinski definition) is 2. The van der Waals surface area contributed by atoms with Crippen LogP contribution in [0, 0.1) is 0 Å². The molecule has 0 aliphatic carbocycles. The van der Waals surface area contributed by atoms with Crippen molar-refractivity contribution < 1.29 is 0 Å². The standard InChI is InChI=1S/C19H17ClN2/c20-18-8-10-19(11-9-18)22(14-16-5-2-1-3-6-16)15-17-7-4-12-21-13-17/h1-13H,14-15H2. The number of benzene rings is 2. The molecule has 1 heterocycles. The molecule has 1 aromatic heterocycles. The van der Waals surface area contributed by atoms with E-state index in [1.807, 2.05) is 30.5 Å². The van der Waals surface area contributed by atoms with Crippen LogP contribution in [0.1, 0.15) is 11.1 Å². The van der Waals surface area contributed by atoms with Crippen LogP contribution >= 0.6 is 11.6 Å². The fourth-order valence-electron chi connectivity index (χ4n) is 2.41. The summed E-state index contributed by atoms with van der Waals surface area (Å²) in [6, 6.07) is 22.5. The van der Waals surface area contributed by atoms with Gasteiger partial charge in [0.15, 0.2) is 0 Å². The van der Waals surface area contributed by atoms with Crippen molar-refractivity contribution >= 4 is 17.3 Å². The van der Waals surface area contributed by atoms with Crippen molar-refractivity contribution in [1.82, 2.24) is 4.98 Å². The molecule has 0 bridgehead atoms. The molecule has 0 amide bonds. The zero-order valence-electron chi connectivity index (χ0n) is 12.2. The van der Waals surface area contributed by atoms with Crippen LogP contribution in [0.2, 0.25) is 5.02 Å². The summed E-state index contributed by atoms with van der Waals surface area (Å²) in [6.45, 7) is 1.65. The molecule has 3 heteroatoms. The Hall–Kier alpha value is -2.32. The Kier molecular flexibility index (Phi) is 4.71. The van der Waals surface area contributed by atoms with Gasteiger partial charge in [-0.2, -0.15) is 0 Å². The number of nitrogens with zero attached hydrogens (tertiary/aromatic N) is 2. The van der Waals surface area contributed by atoms with E-state index in [-0.39, 0.29) is 0 Å². The van der Waals surface area contributed by atoms with Gasteiger partial charge in [0, 0.05) is 36.2 Å². The number of pyridine rings is 1. The highest BCUT2D eigenvalue weighted by Crippen LogP contribution is 2.22. The van der Waals surface area contributed by atoms with E-state index in [0.717, 1.165) is 23.8 Å². The summed E-state index contributed by atoms with van der Waals surface area (Å²) in [5.74, 6) is 0.